The minimum atomic E-state index is -0.129. The first kappa shape index (κ1) is 19.8. The van der Waals surface area contributed by atoms with Crippen molar-refractivity contribution in [2.24, 2.45) is 11.3 Å². The van der Waals surface area contributed by atoms with Gasteiger partial charge in [0, 0.05) is 15.9 Å². The Hall–Kier alpha value is -1.92. The molecule has 0 spiro atoms. The molecule has 3 rings (SSSR count). The van der Waals surface area contributed by atoms with Crippen molar-refractivity contribution in [2.45, 2.75) is 47.0 Å². The number of hydrogen-bond donors (Lipinski definition) is 3. The average molecular weight is 402 g/mol. The molecule has 4 nitrogen and oxygen atoms in total. The average Bonchev–Trinajstić information content (AvgIpc) is 3.04. The van der Waals surface area contributed by atoms with Crippen LogP contribution in [0.4, 0.5) is 5.69 Å². The van der Waals surface area contributed by atoms with Crippen molar-refractivity contribution in [3.63, 3.8) is 0 Å². The molecule has 2 aromatic rings. The molecule has 1 aromatic heterocycles. The molecule has 1 amide bonds. The van der Waals surface area contributed by atoms with Gasteiger partial charge in [-0.1, -0.05) is 39.0 Å². The summed E-state index contributed by atoms with van der Waals surface area (Å²) >= 11 is 6.99. The van der Waals surface area contributed by atoms with E-state index >= 15 is 0 Å². The number of aryl methyl sites for hydroxylation is 1. The second-order valence-corrected chi connectivity index (χ2v) is 9.58. The first-order valence-electron chi connectivity index (χ1n) is 9.28. The van der Waals surface area contributed by atoms with E-state index in [0.29, 0.717) is 16.4 Å². The van der Waals surface area contributed by atoms with Gasteiger partial charge >= 0.3 is 0 Å². The van der Waals surface area contributed by atoms with Gasteiger partial charge < -0.3 is 5.32 Å². The number of benzene rings is 1. The van der Waals surface area contributed by atoms with Crippen LogP contribution in [0.25, 0.3) is 0 Å². The second kappa shape index (κ2) is 7.98. The molecule has 0 unspecified atom stereocenters. The zero-order valence-corrected chi connectivity index (χ0v) is 17.9. The van der Waals surface area contributed by atoms with Crippen LogP contribution in [0.15, 0.2) is 29.6 Å². The summed E-state index contributed by atoms with van der Waals surface area (Å²) in [6, 6.07) is 7.87. The predicted molar refractivity (Wildman–Crippen MR) is 117 cm³/mol. The standard InChI is InChI=1S/C21H27N3OS2/c1-13-7-5-6-8-17(13)22-20(26)24-23-19(25)16-12-27-18-11-14(21(2,3)4)9-10-15(16)18/h5-8,12,14H,9-11H2,1-4H3,(H,23,25)(H2,22,24,26)/t14-/m0/s1. The molecule has 0 fully saturated rings. The number of anilines is 1. The predicted octanol–water partition coefficient (Wildman–Crippen LogP) is 4.84. The molecule has 27 heavy (non-hydrogen) atoms. The van der Waals surface area contributed by atoms with Gasteiger partial charge in [0.15, 0.2) is 5.11 Å². The molecule has 1 heterocycles. The molecule has 1 atom stereocenters. The molecule has 0 aliphatic heterocycles. The highest BCUT2D eigenvalue weighted by Crippen LogP contribution is 2.40. The van der Waals surface area contributed by atoms with Crippen LogP contribution in [0, 0.1) is 18.3 Å². The third-order valence-electron chi connectivity index (χ3n) is 5.31. The third kappa shape index (κ3) is 4.68. The summed E-state index contributed by atoms with van der Waals surface area (Å²) < 4.78 is 0. The summed E-state index contributed by atoms with van der Waals surface area (Å²) in [5, 5.41) is 5.45. The number of hydrogen-bond acceptors (Lipinski definition) is 3. The van der Waals surface area contributed by atoms with Gasteiger partial charge in [-0.3, -0.25) is 15.6 Å². The van der Waals surface area contributed by atoms with E-state index < -0.39 is 0 Å². The van der Waals surface area contributed by atoms with Crippen LogP contribution in [0.1, 0.15) is 53.6 Å². The molecule has 6 heteroatoms. The number of thiocarbonyl (C=S) groups is 1. The van der Waals surface area contributed by atoms with Crippen LogP contribution >= 0.6 is 23.6 Å². The number of thiophene rings is 1. The van der Waals surface area contributed by atoms with Crippen molar-refractivity contribution < 1.29 is 4.79 Å². The van der Waals surface area contributed by atoms with Crippen molar-refractivity contribution in [1.29, 1.82) is 0 Å². The zero-order chi connectivity index (χ0) is 19.6. The Morgan fingerprint density at radius 3 is 2.67 bits per heavy atom. The Labute approximate surface area is 170 Å². The Morgan fingerprint density at radius 1 is 1.22 bits per heavy atom. The zero-order valence-electron chi connectivity index (χ0n) is 16.3. The number of fused-ring (bicyclic) bond motifs is 1. The Kier molecular flexibility index (Phi) is 5.86. The number of hydrazine groups is 1. The van der Waals surface area contributed by atoms with E-state index in [1.807, 2.05) is 36.6 Å². The minimum absolute atomic E-state index is 0.129. The van der Waals surface area contributed by atoms with Gasteiger partial charge in [0.25, 0.3) is 5.91 Å². The van der Waals surface area contributed by atoms with E-state index in [1.54, 1.807) is 11.3 Å². The highest BCUT2D eigenvalue weighted by atomic mass is 32.1. The highest BCUT2D eigenvalue weighted by Gasteiger charge is 2.31. The molecular formula is C21H27N3OS2. The molecule has 144 valence electrons. The lowest BCUT2D eigenvalue weighted by Crippen LogP contribution is -2.44. The third-order valence-corrected chi connectivity index (χ3v) is 6.56. The van der Waals surface area contributed by atoms with Gasteiger partial charge in [0.05, 0.1) is 5.56 Å². The summed E-state index contributed by atoms with van der Waals surface area (Å²) in [5.41, 5.74) is 9.84. The van der Waals surface area contributed by atoms with Gasteiger partial charge in [-0.15, -0.1) is 11.3 Å². The molecule has 0 bridgehead atoms. The van der Waals surface area contributed by atoms with Crippen molar-refractivity contribution in [1.82, 2.24) is 10.9 Å². The fraction of sp³-hybridized carbons (Fsp3) is 0.429. The van der Waals surface area contributed by atoms with Crippen molar-refractivity contribution in [3.8, 4) is 0 Å². The summed E-state index contributed by atoms with van der Waals surface area (Å²) in [5.74, 6) is 0.541. The van der Waals surface area contributed by atoms with Crippen LogP contribution < -0.4 is 16.2 Å². The van der Waals surface area contributed by atoms with Crippen LogP contribution in [0.5, 0.6) is 0 Å². The monoisotopic (exact) mass is 401 g/mol. The van der Waals surface area contributed by atoms with E-state index in [0.717, 1.165) is 36.1 Å². The largest absolute Gasteiger partial charge is 0.331 e. The van der Waals surface area contributed by atoms with Gasteiger partial charge in [-0.25, -0.2) is 0 Å². The maximum Gasteiger partial charge on any atom is 0.270 e. The number of carbonyl (C=O) groups excluding carboxylic acids is 1. The lowest BCUT2D eigenvalue weighted by atomic mass is 9.72. The molecule has 1 aromatic carbocycles. The first-order valence-corrected chi connectivity index (χ1v) is 10.6. The Morgan fingerprint density at radius 2 is 1.96 bits per heavy atom. The quantitative estimate of drug-likeness (QED) is 0.498. The van der Waals surface area contributed by atoms with Crippen LogP contribution in [0.3, 0.4) is 0 Å². The smallest absolute Gasteiger partial charge is 0.270 e. The van der Waals surface area contributed by atoms with Gasteiger partial charge in [0.1, 0.15) is 0 Å². The van der Waals surface area contributed by atoms with E-state index in [2.05, 4.69) is 36.9 Å². The number of para-hydroxylation sites is 1. The summed E-state index contributed by atoms with van der Waals surface area (Å²) in [6.45, 7) is 8.91. The van der Waals surface area contributed by atoms with E-state index in [9.17, 15) is 4.79 Å². The van der Waals surface area contributed by atoms with Gasteiger partial charge in [-0.2, -0.15) is 0 Å². The van der Waals surface area contributed by atoms with Crippen LogP contribution in [0.2, 0.25) is 0 Å². The van der Waals surface area contributed by atoms with Gasteiger partial charge in [0.2, 0.25) is 0 Å². The lowest BCUT2D eigenvalue weighted by Gasteiger charge is -2.34. The van der Waals surface area contributed by atoms with Crippen LogP contribution in [-0.4, -0.2) is 11.0 Å². The SMILES string of the molecule is Cc1ccccc1NC(=S)NNC(=O)c1csc2c1CC[C@H](C(C)(C)C)C2. The first-order chi connectivity index (χ1) is 12.8. The molecule has 3 N–H and O–H groups in total. The van der Waals surface area contributed by atoms with E-state index in [4.69, 9.17) is 12.2 Å². The molecule has 0 saturated heterocycles. The maximum absolute atomic E-state index is 12.6. The topological polar surface area (TPSA) is 53.2 Å². The molecule has 0 radical (unpaired) electrons. The number of rotatable bonds is 2. The molecule has 0 saturated carbocycles. The van der Waals surface area contributed by atoms with E-state index in [-0.39, 0.29) is 5.91 Å². The number of amides is 1. The van der Waals surface area contributed by atoms with Crippen LogP contribution in [-0.2, 0) is 12.8 Å². The maximum atomic E-state index is 12.6. The minimum Gasteiger partial charge on any atom is -0.331 e. The van der Waals surface area contributed by atoms with E-state index in [1.165, 1.54) is 10.4 Å². The van der Waals surface area contributed by atoms with Crippen molar-refractivity contribution in [2.75, 3.05) is 5.32 Å². The summed E-state index contributed by atoms with van der Waals surface area (Å²) in [7, 11) is 0. The Balaban J connectivity index is 1.59. The summed E-state index contributed by atoms with van der Waals surface area (Å²) in [4.78, 5) is 14.0. The normalized spacial score (nSPS) is 16.4. The molecule has 1 aliphatic carbocycles. The molecule has 1 aliphatic rings. The number of carbonyl (C=O) groups is 1. The van der Waals surface area contributed by atoms with Crippen molar-refractivity contribution in [3.05, 3.63) is 51.2 Å². The highest BCUT2D eigenvalue weighted by molar-refractivity contribution is 7.80. The molecular weight excluding hydrogens is 374 g/mol. The Bertz CT molecular complexity index is 851. The lowest BCUT2D eigenvalue weighted by molar-refractivity contribution is 0.0943. The van der Waals surface area contributed by atoms with Crippen molar-refractivity contribution >= 4 is 40.3 Å². The fourth-order valence-corrected chi connectivity index (χ4v) is 4.81. The number of nitrogens with one attached hydrogen (secondary N) is 3. The fourth-order valence-electron chi connectivity index (χ4n) is 3.49. The van der Waals surface area contributed by atoms with Gasteiger partial charge in [-0.05, 0) is 66.9 Å². The summed E-state index contributed by atoms with van der Waals surface area (Å²) in [6.07, 6.45) is 3.17. The second-order valence-electron chi connectivity index (χ2n) is 8.21.